The van der Waals surface area contributed by atoms with Crippen molar-refractivity contribution in [2.24, 2.45) is 17.8 Å². The molecule has 1 saturated carbocycles. The van der Waals surface area contributed by atoms with Crippen molar-refractivity contribution in [3.63, 3.8) is 0 Å². The topological polar surface area (TPSA) is 95.0 Å². The van der Waals surface area contributed by atoms with E-state index in [1.54, 1.807) is 18.2 Å². The van der Waals surface area contributed by atoms with Crippen LogP contribution in [0.2, 0.25) is 0 Å². The highest BCUT2D eigenvalue weighted by molar-refractivity contribution is 9.09. The van der Waals surface area contributed by atoms with Gasteiger partial charge in [-0.1, -0.05) is 52.7 Å². The second-order valence-corrected chi connectivity index (χ2v) is 11.1. The number of hydrogen-bond donors (Lipinski definition) is 1. The van der Waals surface area contributed by atoms with E-state index in [1.807, 2.05) is 13.0 Å². The van der Waals surface area contributed by atoms with Crippen molar-refractivity contribution >= 4 is 62.8 Å². The first-order valence-corrected chi connectivity index (χ1v) is 13.1. The Morgan fingerprint density at radius 2 is 1.76 bits per heavy atom. The highest BCUT2D eigenvalue weighted by Crippen LogP contribution is 2.66. The van der Waals surface area contributed by atoms with Gasteiger partial charge in [0.2, 0.25) is 11.8 Å². The number of para-hydroxylation sites is 1. The van der Waals surface area contributed by atoms with E-state index in [4.69, 9.17) is 23.2 Å². The lowest BCUT2D eigenvalue weighted by Gasteiger charge is -2.50. The summed E-state index contributed by atoms with van der Waals surface area (Å²) >= 11 is 17.4. The minimum atomic E-state index is -1.90. The van der Waals surface area contributed by atoms with Crippen molar-refractivity contribution in [2.75, 3.05) is 12.0 Å². The van der Waals surface area contributed by atoms with Crippen LogP contribution < -0.4 is 0 Å². The van der Waals surface area contributed by atoms with Gasteiger partial charge in [0.1, 0.15) is 5.75 Å². The van der Waals surface area contributed by atoms with Gasteiger partial charge in [-0.05, 0) is 31.2 Å². The van der Waals surface area contributed by atoms with E-state index >= 15 is 0 Å². The fourth-order valence-electron chi connectivity index (χ4n) is 6.34. The molecule has 34 heavy (non-hydrogen) atoms. The Morgan fingerprint density at radius 1 is 1.06 bits per heavy atom. The molecule has 10 heteroatoms. The van der Waals surface area contributed by atoms with E-state index < -0.39 is 45.2 Å². The van der Waals surface area contributed by atoms with Gasteiger partial charge in [0.05, 0.1) is 17.3 Å². The smallest absolute Gasteiger partial charge is 0.254 e. The lowest BCUT2D eigenvalue weighted by atomic mass is 9.56. The second kappa shape index (κ2) is 8.07. The molecule has 180 valence electrons. The maximum atomic E-state index is 13.6. The molecule has 5 rings (SSSR count). The van der Waals surface area contributed by atoms with Crippen LogP contribution in [0.3, 0.4) is 0 Å². The van der Waals surface area contributed by atoms with Crippen molar-refractivity contribution in [3.8, 4) is 5.75 Å². The number of carbonyl (C=O) groups is 4. The number of aromatic hydroxyl groups is 1. The van der Waals surface area contributed by atoms with E-state index in [1.165, 1.54) is 11.0 Å². The number of phenols is 1. The molecule has 4 amide bonds. The van der Waals surface area contributed by atoms with E-state index in [0.717, 1.165) is 4.90 Å². The molecule has 2 heterocycles. The molecule has 1 aromatic carbocycles. The van der Waals surface area contributed by atoms with Crippen molar-refractivity contribution in [2.45, 2.75) is 41.9 Å². The third-order valence-electron chi connectivity index (χ3n) is 7.80. The van der Waals surface area contributed by atoms with Gasteiger partial charge in [0, 0.05) is 18.0 Å². The first-order chi connectivity index (χ1) is 16.1. The zero-order valence-corrected chi connectivity index (χ0v) is 21.4. The molecule has 2 aliphatic heterocycles. The summed E-state index contributed by atoms with van der Waals surface area (Å²) in [6.07, 6.45) is 2.76. The van der Waals surface area contributed by atoms with Crippen LogP contribution in [0.1, 0.15) is 37.7 Å². The second-order valence-electron chi connectivity index (χ2n) is 9.37. The number of allylic oxidation sites excluding steroid dienone is 2. The van der Waals surface area contributed by atoms with Gasteiger partial charge in [-0.3, -0.25) is 29.0 Å². The molecular formula is C24H23BrCl2N2O5. The molecule has 1 N–H and O–H groups in total. The fourth-order valence-corrected chi connectivity index (χ4v) is 7.76. The lowest BCUT2D eigenvalue weighted by Crippen LogP contribution is -2.60. The first-order valence-electron chi connectivity index (χ1n) is 11.3. The number of nitrogens with zero attached hydrogens (tertiary/aromatic N) is 2. The Kier molecular flexibility index (Phi) is 5.65. The minimum Gasteiger partial charge on any atom is -0.508 e. The van der Waals surface area contributed by atoms with Crippen molar-refractivity contribution < 1.29 is 24.3 Å². The number of hydrogen-bond acceptors (Lipinski definition) is 5. The van der Waals surface area contributed by atoms with Gasteiger partial charge in [-0.25, -0.2) is 0 Å². The monoisotopic (exact) mass is 568 g/mol. The zero-order chi connectivity index (χ0) is 24.6. The fraction of sp³-hybridized carbons (Fsp3) is 0.500. The summed E-state index contributed by atoms with van der Waals surface area (Å²) in [7, 11) is 0. The standard InChI is InChI=1S/C24H23BrCl2N2O5/c1-2-9-28-19(31)14-8-7-12-15(17(14)20(28)32)10-23(26)21(33)29(11-25)22(34)24(23,27)18(12)13-5-3-4-6-16(13)30/h3-7,14-15,17-18,30H,2,8-11H2,1H3. The number of likely N-dealkylation sites (tertiary alicyclic amines) is 2. The van der Waals surface area contributed by atoms with Gasteiger partial charge < -0.3 is 5.11 Å². The number of rotatable bonds is 4. The molecule has 1 aromatic rings. The molecule has 6 atom stereocenters. The van der Waals surface area contributed by atoms with Crippen molar-refractivity contribution in [1.29, 1.82) is 0 Å². The molecule has 2 aliphatic carbocycles. The summed E-state index contributed by atoms with van der Waals surface area (Å²) in [5, 5.41) is 10.8. The SMILES string of the molecule is CCCN1C(=O)C2CC=C3C(CC4(Cl)C(=O)N(CBr)C(=O)C4(Cl)C3c3ccccc3O)C2C1=O. The molecule has 4 aliphatic rings. The Balaban J connectivity index is 1.72. The van der Waals surface area contributed by atoms with Gasteiger partial charge in [-0.15, -0.1) is 23.2 Å². The predicted octanol–water partition coefficient (Wildman–Crippen LogP) is 3.51. The van der Waals surface area contributed by atoms with Crippen LogP contribution in [0.15, 0.2) is 35.9 Å². The Hall–Kier alpha value is -1.90. The quantitative estimate of drug-likeness (QED) is 0.259. The van der Waals surface area contributed by atoms with Crippen LogP contribution in [-0.2, 0) is 19.2 Å². The number of imide groups is 2. The summed E-state index contributed by atoms with van der Waals surface area (Å²) < 4.78 is 0. The molecule has 7 nitrogen and oxygen atoms in total. The number of amides is 4. The minimum absolute atomic E-state index is 0.0534. The summed E-state index contributed by atoms with van der Waals surface area (Å²) in [4.78, 5) is 52.1. The normalized spacial score (nSPS) is 37.0. The van der Waals surface area contributed by atoms with Gasteiger partial charge >= 0.3 is 0 Å². The Morgan fingerprint density at radius 3 is 2.41 bits per heavy atom. The molecule has 3 fully saturated rings. The Labute approximate surface area is 215 Å². The number of fused-ring (bicyclic) bond motifs is 4. The summed E-state index contributed by atoms with van der Waals surface area (Å²) in [6.45, 7) is 2.23. The first kappa shape index (κ1) is 23.8. The summed E-state index contributed by atoms with van der Waals surface area (Å²) in [5.74, 6) is -4.63. The third-order valence-corrected chi connectivity index (χ3v) is 9.72. The van der Waals surface area contributed by atoms with Gasteiger partial charge in [-0.2, -0.15) is 0 Å². The number of benzene rings is 1. The van der Waals surface area contributed by atoms with Gasteiger partial charge in [0.15, 0.2) is 9.75 Å². The van der Waals surface area contributed by atoms with Crippen LogP contribution in [0.5, 0.6) is 5.75 Å². The molecule has 0 radical (unpaired) electrons. The zero-order valence-electron chi connectivity index (χ0n) is 18.3. The highest BCUT2D eigenvalue weighted by atomic mass is 79.9. The Bertz CT molecular complexity index is 1160. The molecular weight excluding hydrogens is 547 g/mol. The molecule has 0 aromatic heterocycles. The van der Waals surface area contributed by atoms with Crippen LogP contribution in [-0.4, -0.2) is 60.3 Å². The number of carbonyl (C=O) groups excluding carboxylic acids is 4. The lowest BCUT2D eigenvalue weighted by molar-refractivity contribution is -0.141. The summed E-state index contributed by atoms with van der Waals surface area (Å²) in [6, 6.07) is 6.49. The van der Waals surface area contributed by atoms with E-state index in [-0.39, 0.29) is 29.4 Å². The maximum Gasteiger partial charge on any atom is 0.254 e. The highest BCUT2D eigenvalue weighted by Gasteiger charge is 2.76. The van der Waals surface area contributed by atoms with E-state index in [2.05, 4.69) is 15.9 Å². The molecule has 0 spiro atoms. The van der Waals surface area contributed by atoms with Crippen LogP contribution in [0, 0.1) is 17.8 Å². The summed E-state index contributed by atoms with van der Waals surface area (Å²) in [5.41, 5.74) is 0.946. The largest absolute Gasteiger partial charge is 0.508 e. The van der Waals surface area contributed by atoms with Crippen LogP contribution in [0.4, 0.5) is 0 Å². The average molecular weight is 570 g/mol. The van der Waals surface area contributed by atoms with Crippen LogP contribution >= 0.6 is 39.1 Å². The number of phenolic OH excluding ortho intramolecular Hbond substituents is 1. The van der Waals surface area contributed by atoms with E-state index in [0.29, 0.717) is 30.5 Å². The molecule has 0 bridgehead atoms. The predicted molar refractivity (Wildman–Crippen MR) is 128 cm³/mol. The van der Waals surface area contributed by atoms with Gasteiger partial charge in [0.25, 0.3) is 11.8 Å². The average Bonchev–Trinajstić information content (AvgIpc) is 3.13. The third kappa shape index (κ3) is 2.82. The van der Waals surface area contributed by atoms with Crippen molar-refractivity contribution in [3.05, 3.63) is 41.5 Å². The van der Waals surface area contributed by atoms with Crippen molar-refractivity contribution in [1.82, 2.24) is 9.80 Å². The van der Waals surface area contributed by atoms with Crippen LogP contribution in [0.25, 0.3) is 0 Å². The molecule has 2 saturated heterocycles. The molecule has 6 unspecified atom stereocenters. The number of alkyl halides is 3. The number of halogens is 3. The maximum absolute atomic E-state index is 13.6. The van der Waals surface area contributed by atoms with E-state index in [9.17, 15) is 24.3 Å².